The molecule has 1 heterocycles. The molecule has 2 amide bonds. The summed E-state index contributed by atoms with van der Waals surface area (Å²) in [5, 5.41) is 2.56. The van der Waals surface area contributed by atoms with Crippen molar-refractivity contribution in [1.82, 2.24) is 10.0 Å². The average molecular weight is 259 g/mol. The van der Waals surface area contributed by atoms with E-state index in [0.29, 0.717) is 6.54 Å². The highest BCUT2D eigenvalue weighted by atomic mass is 16.6. The second kappa shape index (κ2) is 7.05. The molecule has 0 bridgehead atoms. The van der Waals surface area contributed by atoms with Crippen LogP contribution in [0.2, 0.25) is 0 Å². The molecule has 1 fully saturated rings. The van der Waals surface area contributed by atoms with Gasteiger partial charge in [0.15, 0.2) is 0 Å². The van der Waals surface area contributed by atoms with Crippen molar-refractivity contribution in [2.45, 2.75) is 32.7 Å². The summed E-state index contributed by atoms with van der Waals surface area (Å²) < 4.78 is 9.88. The third kappa shape index (κ3) is 3.25. The molecule has 0 radical (unpaired) electrons. The Kier molecular flexibility index (Phi) is 5.70. The van der Waals surface area contributed by atoms with E-state index in [4.69, 9.17) is 15.2 Å². The monoisotopic (exact) mass is 259 g/mol. The van der Waals surface area contributed by atoms with Gasteiger partial charge in [-0.05, 0) is 26.7 Å². The van der Waals surface area contributed by atoms with Gasteiger partial charge in [-0.15, -0.1) is 0 Å². The van der Waals surface area contributed by atoms with E-state index in [0.717, 1.165) is 12.8 Å². The Balaban J connectivity index is 2.83. The minimum absolute atomic E-state index is 0.220. The molecule has 1 aliphatic heterocycles. The molecule has 1 atom stereocenters. The normalized spacial score (nSPS) is 19.6. The number of nitrogens with two attached hydrogens (primary N) is 1. The van der Waals surface area contributed by atoms with E-state index in [9.17, 15) is 9.59 Å². The van der Waals surface area contributed by atoms with Crippen LogP contribution < -0.4 is 5.73 Å². The fourth-order valence-electron chi connectivity index (χ4n) is 1.94. The van der Waals surface area contributed by atoms with Gasteiger partial charge in [-0.25, -0.2) is 19.6 Å². The summed E-state index contributed by atoms with van der Waals surface area (Å²) in [4.78, 5) is 23.7. The van der Waals surface area contributed by atoms with E-state index in [1.165, 1.54) is 10.0 Å². The van der Waals surface area contributed by atoms with Gasteiger partial charge in [-0.3, -0.25) is 0 Å². The standard InChI is InChI=1S/C11H21N3O4/c1-3-17-10(15)13-7-5-6-9(8-12)14(13)11(16)18-4-2/h9H,3-8,12H2,1-2H3. The SMILES string of the molecule is CCOC(=O)N1CCCC(CN)N1C(=O)OCC. The maximum atomic E-state index is 11.9. The third-order valence-electron chi connectivity index (χ3n) is 2.72. The van der Waals surface area contributed by atoms with Crippen LogP contribution in [0.25, 0.3) is 0 Å². The summed E-state index contributed by atoms with van der Waals surface area (Å²) in [6, 6.07) is -0.220. The number of nitrogens with zero attached hydrogens (tertiary/aromatic N) is 2. The molecule has 0 aromatic rings. The first-order valence-electron chi connectivity index (χ1n) is 6.25. The number of ether oxygens (including phenoxy) is 2. The average Bonchev–Trinajstić information content (AvgIpc) is 2.38. The Hall–Kier alpha value is -1.50. The van der Waals surface area contributed by atoms with Crippen molar-refractivity contribution in [1.29, 1.82) is 0 Å². The van der Waals surface area contributed by atoms with E-state index in [-0.39, 0.29) is 25.8 Å². The number of amides is 2. The molecule has 1 unspecified atom stereocenters. The van der Waals surface area contributed by atoms with Crippen LogP contribution in [0, 0.1) is 0 Å². The zero-order valence-electron chi connectivity index (χ0n) is 10.9. The Labute approximate surface area is 107 Å². The van der Waals surface area contributed by atoms with Crippen LogP contribution in [-0.4, -0.2) is 54.5 Å². The van der Waals surface area contributed by atoms with Crippen LogP contribution in [0.4, 0.5) is 9.59 Å². The fraction of sp³-hybridized carbons (Fsp3) is 0.818. The van der Waals surface area contributed by atoms with Gasteiger partial charge in [0.25, 0.3) is 0 Å². The van der Waals surface area contributed by atoms with E-state index >= 15 is 0 Å². The topological polar surface area (TPSA) is 85.1 Å². The van der Waals surface area contributed by atoms with Crippen molar-refractivity contribution < 1.29 is 19.1 Å². The van der Waals surface area contributed by atoms with Crippen LogP contribution in [0.3, 0.4) is 0 Å². The number of hydrazine groups is 1. The van der Waals surface area contributed by atoms with Gasteiger partial charge < -0.3 is 15.2 Å². The fourth-order valence-corrected chi connectivity index (χ4v) is 1.94. The van der Waals surface area contributed by atoms with Crippen molar-refractivity contribution in [3.63, 3.8) is 0 Å². The van der Waals surface area contributed by atoms with Gasteiger partial charge >= 0.3 is 12.2 Å². The third-order valence-corrected chi connectivity index (χ3v) is 2.72. The minimum Gasteiger partial charge on any atom is -0.448 e. The molecular weight excluding hydrogens is 238 g/mol. The van der Waals surface area contributed by atoms with Crippen LogP contribution in [0.1, 0.15) is 26.7 Å². The molecule has 2 N–H and O–H groups in total. The van der Waals surface area contributed by atoms with E-state index in [2.05, 4.69) is 0 Å². The first kappa shape index (κ1) is 14.6. The highest BCUT2D eigenvalue weighted by molar-refractivity contribution is 5.74. The van der Waals surface area contributed by atoms with E-state index < -0.39 is 12.2 Å². The van der Waals surface area contributed by atoms with Crippen LogP contribution in [-0.2, 0) is 9.47 Å². The summed E-state index contributed by atoms with van der Waals surface area (Å²) in [5.74, 6) is 0. The molecule has 0 aliphatic carbocycles. The highest BCUT2D eigenvalue weighted by Gasteiger charge is 2.36. The lowest BCUT2D eigenvalue weighted by atomic mass is 10.1. The Morgan fingerprint density at radius 1 is 1.22 bits per heavy atom. The van der Waals surface area contributed by atoms with E-state index in [1.807, 2.05) is 0 Å². The Morgan fingerprint density at radius 3 is 2.39 bits per heavy atom. The number of carbonyl (C=O) groups excluding carboxylic acids is 2. The Morgan fingerprint density at radius 2 is 1.83 bits per heavy atom. The lowest BCUT2D eigenvalue weighted by Gasteiger charge is -2.41. The van der Waals surface area contributed by atoms with Gasteiger partial charge in [0.1, 0.15) is 0 Å². The summed E-state index contributed by atoms with van der Waals surface area (Å²) in [6.45, 7) is 4.68. The van der Waals surface area contributed by atoms with Gasteiger partial charge in [0.05, 0.1) is 19.3 Å². The molecule has 0 aromatic heterocycles. The molecule has 1 aliphatic rings. The van der Waals surface area contributed by atoms with Crippen molar-refractivity contribution in [3.8, 4) is 0 Å². The van der Waals surface area contributed by atoms with Crippen molar-refractivity contribution in [2.75, 3.05) is 26.3 Å². The zero-order valence-corrected chi connectivity index (χ0v) is 10.9. The van der Waals surface area contributed by atoms with Gasteiger partial charge in [-0.2, -0.15) is 0 Å². The van der Waals surface area contributed by atoms with E-state index in [1.54, 1.807) is 13.8 Å². The van der Waals surface area contributed by atoms with Crippen molar-refractivity contribution >= 4 is 12.2 Å². The first-order valence-corrected chi connectivity index (χ1v) is 6.25. The summed E-state index contributed by atoms with van der Waals surface area (Å²) in [5.41, 5.74) is 5.64. The second-order valence-corrected chi connectivity index (χ2v) is 3.90. The Bertz CT molecular complexity index is 298. The maximum absolute atomic E-state index is 11.9. The zero-order chi connectivity index (χ0) is 13.5. The molecule has 0 aromatic carbocycles. The maximum Gasteiger partial charge on any atom is 0.429 e. The van der Waals surface area contributed by atoms with Gasteiger partial charge in [0.2, 0.25) is 0 Å². The molecule has 1 rings (SSSR count). The molecule has 7 heteroatoms. The van der Waals surface area contributed by atoms with Crippen LogP contribution >= 0.6 is 0 Å². The molecule has 104 valence electrons. The highest BCUT2D eigenvalue weighted by Crippen LogP contribution is 2.19. The quantitative estimate of drug-likeness (QED) is 0.815. The number of carbonyl (C=O) groups is 2. The molecule has 0 spiro atoms. The second-order valence-electron chi connectivity index (χ2n) is 3.90. The predicted molar refractivity (Wildman–Crippen MR) is 64.7 cm³/mol. The van der Waals surface area contributed by atoms with Crippen molar-refractivity contribution in [2.24, 2.45) is 5.73 Å². The molecule has 1 saturated heterocycles. The number of hydrogen-bond donors (Lipinski definition) is 1. The van der Waals surface area contributed by atoms with Gasteiger partial charge in [0, 0.05) is 13.1 Å². The first-order chi connectivity index (χ1) is 8.65. The summed E-state index contributed by atoms with van der Waals surface area (Å²) >= 11 is 0. The molecule has 18 heavy (non-hydrogen) atoms. The molecule has 0 saturated carbocycles. The van der Waals surface area contributed by atoms with Gasteiger partial charge in [-0.1, -0.05) is 0 Å². The molecule has 7 nitrogen and oxygen atoms in total. The predicted octanol–water partition coefficient (Wildman–Crippen LogP) is 0.940. The smallest absolute Gasteiger partial charge is 0.429 e. The lowest BCUT2D eigenvalue weighted by molar-refractivity contribution is -0.0618. The van der Waals surface area contributed by atoms with Crippen LogP contribution in [0.15, 0.2) is 0 Å². The summed E-state index contributed by atoms with van der Waals surface area (Å²) in [6.07, 6.45) is 0.450. The van der Waals surface area contributed by atoms with Crippen LogP contribution in [0.5, 0.6) is 0 Å². The minimum atomic E-state index is -0.555. The van der Waals surface area contributed by atoms with Crippen molar-refractivity contribution in [3.05, 3.63) is 0 Å². The largest absolute Gasteiger partial charge is 0.448 e. The number of hydrogen-bond acceptors (Lipinski definition) is 5. The molecular formula is C11H21N3O4. The number of rotatable bonds is 3. The summed E-state index contributed by atoms with van der Waals surface area (Å²) in [7, 11) is 0. The lowest BCUT2D eigenvalue weighted by Crippen LogP contribution is -2.59.